The lowest BCUT2D eigenvalue weighted by atomic mass is 9.81. The number of rotatable bonds is 4. The maximum Gasteiger partial charge on any atom is 0.310 e. The number of hydrogen-bond donors (Lipinski definition) is 1. The molecule has 0 aromatic carbocycles. The quantitative estimate of drug-likeness (QED) is 0.822. The van der Waals surface area contributed by atoms with Crippen LogP contribution in [0.5, 0.6) is 0 Å². The number of hydrogen-bond acceptors (Lipinski definition) is 2. The van der Waals surface area contributed by atoms with Crippen molar-refractivity contribution in [1.29, 1.82) is 0 Å². The topological polar surface area (TPSA) is 40.5 Å². The van der Waals surface area contributed by atoms with Gasteiger partial charge < -0.3 is 5.11 Å². The number of carbonyl (C=O) groups is 1. The minimum atomic E-state index is -0.668. The van der Waals surface area contributed by atoms with Gasteiger partial charge in [-0.1, -0.05) is 20.8 Å². The third kappa shape index (κ3) is 3.21. The summed E-state index contributed by atoms with van der Waals surface area (Å²) in [6.45, 7) is 12.3. The second-order valence-electron chi connectivity index (χ2n) is 6.21. The molecule has 3 heteroatoms. The fourth-order valence-electron chi connectivity index (χ4n) is 2.82. The first kappa shape index (κ1) is 14.5. The van der Waals surface area contributed by atoms with Gasteiger partial charge >= 0.3 is 5.97 Å². The van der Waals surface area contributed by atoms with Gasteiger partial charge in [0.2, 0.25) is 0 Å². The minimum absolute atomic E-state index is 0.497. The predicted molar refractivity (Wildman–Crippen MR) is 70.0 cm³/mol. The van der Waals surface area contributed by atoms with Crippen molar-refractivity contribution in [3.05, 3.63) is 0 Å². The molecular formula is C14H27NO2. The van der Waals surface area contributed by atoms with Crippen molar-refractivity contribution >= 4 is 5.97 Å². The summed E-state index contributed by atoms with van der Waals surface area (Å²) in [6.07, 6.45) is 1.95. The zero-order valence-electron chi connectivity index (χ0n) is 11.9. The van der Waals surface area contributed by atoms with Crippen molar-refractivity contribution in [3.8, 4) is 0 Å². The Balaban J connectivity index is 2.75. The van der Waals surface area contributed by atoms with Crippen LogP contribution in [0.25, 0.3) is 0 Å². The third-order valence-electron chi connectivity index (χ3n) is 4.57. The van der Waals surface area contributed by atoms with E-state index in [0.717, 1.165) is 6.54 Å². The van der Waals surface area contributed by atoms with Crippen LogP contribution >= 0.6 is 0 Å². The van der Waals surface area contributed by atoms with Crippen molar-refractivity contribution in [1.82, 2.24) is 4.90 Å². The van der Waals surface area contributed by atoms with Gasteiger partial charge in [0.1, 0.15) is 0 Å². The Morgan fingerprint density at radius 2 is 2.00 bits per heavy atom. The number of carboxylic acids is 1. The lowest BCUT2D eigenvalue weighted by Crippen LogP contribution is -2.51. The zero-order chi connectivity index (χ0) is 13.2. The number of piperidine rings is 1. The van der Waals surface area contributed by atoms with E-state index >= 15 is 0 Å². The van der Waals surface area contributed by atoms with Gasteiger partial charge in [-0.15, -0.1) is 0 Å². The van der Waals surface area contributed by atoms with E-state index in [1.165, 1.54) is 6.42 Å². The summed E-state index contributed by atoms with van der Waals surface area (Å²) >= 11 is 0. The fourth-order valence-corrected chi connectivity index (χ4v) is 2.82. The molecular weight excluding hydrogens is 214 g/mol. The molecule has 1 heterocycles. The van der Waals surface area contributed by atoms with Crippen LogP contribution < -0.4 is 0 Å². The molecule has 0 spiro atoms. The first-order valence-corrected chi connectivity index (χ1v) is 6.77. The molecule has 1 N–H and O–H groups in total. The van der Waals surface area contributed by atoms with E-state index in [0.29, 0.717) is 30.8 Å². The fraction of sp³-hybridized carbons (Fsp3) is 0.929. The Morgan fingerprint density at radius 1 is 1.41 bits per heavy atom. The van der Waals surface area contributed by atoms with Crippen LogP contribution in [0.3, 0.4) is 0 Å². The Kier molecular flexibility index (Phi) is 4.59. The molecule has 1 aliphatic heterocycles. The van der Waals surface area contributed by atoms with Crippen LogP contribution in [0.2, 0.25) is 0 Å². The summed E-state index contributed by atoms with van der Waals surface area (Å²) in [4.78, 5) is 13.7. The highest BCUT2D eigenvalue weighted by atomic mass is 16.4. The zero-order valence-corrected chi connectivity index (χ0v) is 11.9. The van der Waals surface area contributed by atoms with Gasteiger partial charge in [-0.2, -0.15) is 0 Å². The van der Waals surface area contributed by atoms with Crippen LogP contribution in [-0.4, -0.2) is 35.1 Å². The Labute approximate surface area is 105 Å². The van der Waals surface area contributed by atoms with Gasteiger partial charge in [-0.3, -0.25) is 9.69 Å². The first-order chi connectivity index (χ1) is 7.80. The molecule has 0 bridgehead atoms. The van der Waals surface area contributed by atoms with Crippen LogP contribution in [-0.2, 0) is 4.79 Å². The summed E-state index contributed by atoms with van der Waals surface area (Å²) in [5, 5.41) is 9.35. The van der Waals surface area contributed by atoms with Crippen LogP contribution in [0, 0.1) is 17.3 Å². The average Bonchev–Trinajstić information content (AvgIpc) is 2.24. The third-order valence-corrected chi connectivity index (χ3v) is 4.57. The van der Waals surface area contributed by atoms with E-state index in [1.54, 1.807) is 0 Å². The van der Waals surface area contributed by atoms with Crippen molar-refractivity contribution < 1.29 is 9.90 Å². The average molecular weight is 241 g/mol. The summed E-state index contributed by atoms with van der Waals surface area (Å²) in [7, 11) is 0. The molecule has 1 saturated heterocycles. The lowest BCUT2D eigenvalue weighted by Gasteiger charge is -2.44. The lowest BCUT2D eigenvalue weighted by molar-refractivity contribution is -0.150. The molecule has 100 valence electrons. The molecule has 4 atom stereocenters. The van der Waals surface area contributed by atoms with Crippen molar-refractivity contribution in [3.63, 3.8) is 0 Å². The van der Waals surface area contributed by atoms with Crippen LogP contribution in [0.15, 0.2) is 0 Å². The smallest absolute Gasteiger partial charge is 0.310 e. The summed E-state index contributed by atoms with van der Waals surface area (Å²) in [5.41, 5.74) is -0.606. The van der Waals surface area contributed by atoms with E-state index in [1.807, 2.05) is 13.8 Å². The van der Waals surface area contributed by atoms with E-state index in [4.69, 9.17) is 0 Å². The van der Waals surface area contributed by atoms with E-state index < -0.39 is 11.4 Å². The van der Waals surface area contributed by atoms with Gasteiger partial charge in [0.25, 0.3) is 0 Å². The molecule has 4 unspecified atom stereocenters. The molecule has 0 radical (unpaired) electrons. The monoisotopic (exact) mass is 241 g/mol. The Morgan fingerprint density at radius 3 is 2.47 bits per heavy atom. The molecule has 1 aliphatic rings. The molecule has 1 rings (SSSR count). The molecule has 0 amide bonds. The largest absolute Gasteiger partial charge is 0.481 e. The molecule has 0 saturated carbocycles. The van der Waals surface area contributed by atoms with Gasteiger partial charge in [0.15, 0.2) is 0 Å². The minimum Gasteiger partial charge on any atom is -0.481 e. The molecule has 17 heavy (non-hydrogen) atoms. The van der Waals surface area contributed by atoms with E-state index in [2.05, 4.69) is 25.7 Å². The van der Waals surface area contributed by atoms with Crippen LogP contribution in [0.1, 0.15) is 47.5 Å². The molecule has 3 nitrogen and oxygen atoms in total. The summed E-state index contributed by atoms with van der Waals surface area (Å²) < 4.78 is 0. The van der Waals surface area contributed by atoms with Gasteiger partial charge in [-0.25, -0.2) is 0 Å². The summed E-state index contributed by atoms with van der Waals surface area (Å²) in [6, 6.07) is 0.497. The second-order valence-corrected chi connectivity index (χ2v) is 6.21. The van der Waals surface area contributed by atoms with Crippen molar-refractivity contribution in [2.45, 2.75) is 53.5 Å². The molecule has 0 aliphatic carbocycles. The first-order valence-electron chi connectivity index (χ1n) is 6.77. The Bertz CT molecular complexity index is 279. The summed E-state index contributed by atoms with van der Waals surface area (Å²) in [5.74, 6) is 0.669. The SMILES string of the molecule is CCC(C)(CN1CC(C)CC(C)C1C)C(=O)O. The number of carboxylic acid groups (broad SMARTS) is 1. The maximum absolute atomic E-state index is 11.4. The Hall–Kier alpha value is -0.570. The molecule has 1 fully saturated rings. The number of nitrogens with zero attached hydrogens (tertiary/aromatic N) is 1. The van der Waals surface area contributed by atoms with Gasteiger partial charge in [-0.05, 0) is 38.5 Å². The highest BCUT2D eigenvalue weighted by Crippen LogP contribution is 2.31. The molecule has 0 aromatic rings. The standard InChI is InChI=1S/C14H27NO2/c1-6-14(5,13(16)17)9-15-8-10(2)7-11(3)12(15)4/h10-12H,6-9H2,1-5H3,(H,16,17). The highest BCUT2D eigenvalue weighted by Gasteiger charge is 2.37. The van der Waals surface area contributed by atoms with Gasteiger partial charge in [0.05, 0.1) is 5.41 Å². The highest BCUT2D eigenvalue weighted by molar-refractivity contribution is 5.74. The second kappa shape index (κ2) is 5.38. The van der Waals surface area contributed by atoms with Crippen molar-refractivity contribution in [2.24, 2.45) is 17.3 Å². The van der Waals surface area contributed by atoms with Crippen molar-refractivity contribution in [2.75, 3.05) is 13.1 Å². The number of aliphatic carboxylic acids is 1. The predicted octanol–water partition coefficient (Wildman–Crippen LogP) is 2.85. The molecule has 0 aromatic heterocycles. The van der Waals surface area contributed by atoms with Gasteiger partial charge in [0, 0.05) is 19.1 Å². The number of likely N-dealkylation sites (tertiary alicyclic amines) is 1. The van der Waals surface area contributed by atoms with Crippen LogP contribution in [0.4, 0.5) is 0 Å². The normalized spacial score (nSPS) is 34.3. The maximum atomic E-state index is 11.4. The van der Waals surface area contributed by atoms with E-state index in [-0.39, 0.29) is 0 Å². The van der Waals surface area contributed by atoms with E-state index in [9.17, 15) is 9.90 Å².